The first-order valence-electron chi connectivity index (χ1n) is 7.35. The average molecular weight is 280 g/mol. The van der Waals surface area contributed by atoms with Gasteiger partial charge in [0, 0.05) is 24.5 Å². The molecule has 0 aliphatic heterocycles. The van der Waals surface area contributed by atoms with Crippen LogP contribution < -0.4 is 0 Å². The van der Waals surface area contributed by atoms with E-state index in [1.54, 1.807) is 12.7 Å². The quantitative estimate of drug-likeness (QED) is 0.514. The maximum atomic E-state index is 4.07. The lowest BCUT2D eigenvalue weighted by Crippen LogP contribution is -1.90. The predicted molar refractivity (Wildman–Crippen MR) is 93.9 cm³/mol. The van der Waals surface area contributed by atoms with E-state index < -0.39 is 0 Å². The summed E-state index contributed by atoms with van der Waals surface area (Å²) in [7, 11) is 0. The number of hydrogen-bond donors (Lipinski definition) is 0. The van der Waals surface area contributed by atoms with Crippen molar-refractivity contribution >= 4 is 25.1 Å². The van der Waals surface area contributed by atoms with Gasteiger partial charge in [0.1, 0.15) is 12.7 Å². The van der Waals surface area contributed by atoms with E-state index in [1.807, 2.05) is 40.1 Å². The molecule has 0 radical (unpaired) electrons. The molecule has 0 saturated carbocycles. The van der Waals surface area contributed by atoms with Crippen LogP contribution in [0.1, 0.15) is 55.4 Å². The fraction of sp³-hybridized carbons (Fsp3) is 0.750. The van der Waals surface area contributed by atoms with E-state index in [-0.39, 0.29) is 0 Å². The van der Waals surface area contributed by atoms with E-state index >= 15 is 0 Å². The maximum Gasteiger partial charge on any atom is 0.109 e. The summed E-state index contributed by atoms with van der Waals surface area (Å²) in [5.74, 6) is 1.03. The standard InChI is InChI=1S/2C8H16N2/c2*1-7(2)5-9-6-10-8(3)4/h2*5-8H,1-4H3. The highest BCUT2D eigenvalue weighted by molar-refractivity contribution is 5.73. The van der Waals surface area contributed by atoms with E-state index in [0.717, 1.165) is 0 Å². The first kappa shape index (κ1) is 21.0. The summed E-state index contributed by atoms with van der Waals surface area (Å²) in [5.41, 5.74) is 0. The van der Waals surface area contributed by atoms with Gasteiger partial charge in [0.2, 0.25) is 0 Å². The maximum absolute atomic E-state index is 4.07. The third-order valence-corrected chi connectivity index (χ3v) is 1.63. The minimum atomic E-state index is 0.351. The van der Waals surface area contributed by atoms with Crippen molar-refractivity contribution in [2.45, 2.75) is 67.5 Å². The van der Waals surface area contributed by atoms with Gasteiger partial charge in [-0.1, -0.05) is 27.7 Å². The van der Waals surface area contributed by atoms with Gasteiger partial charge in [-0.25, -0.2) is 9.98 Å². The summed E-state index contributed by atoms with van der Waals surface area (Å²) < 4.78 is 0. The molecule has 0 aromatic heterocycles. The zero-order valence-electron chi connectivity index (χ0n) is 14.4. The Morgan fingerprint density at radius 3 is 1.05 bits per heavy atom. The molecular weight excluding hydrogens is 248 g/mol. The van der Waals surface area contributed by atoms with Gasteiger partial charge in [-0.2, -0.15) is 0 Å². The summed E-state index contributed by atoms with van der Waals surface area (Å²) in [5, 5.41) is 0. The van der Waals surface area contributed by atoms with Crippen molar-refractivity contribution in [2.24, 2.45) is 31.8 Å². The molecule has 0 atom stereocenters. The molecule has 4 heteroatoms. The minimum Gasteiger partial charge on any atom is -0.271 e. The Hall–Kier alpha value is -1.32. The van der Waals surface area contributed by atoms with Crippen LogP contribution >= 0.6 is 0 Å². The number of rotatable bonds is 6. The monoisotopic (exact) mass is 280 g/mol. The largest absolute Gasteiger partial charge is 0.271 e. The molecular formula is C16H32N4. The van der Waals surface area contributed by atoms with Crippen molar-refractivity contribution < 1.29 is 0 Å². The molecule has 0 spiro atoms. The van der Waals surface area contributed by atoms with Crippen molar-refractivity contribution in [3.05, 3.63) is 0 Å². The molecule has 0 saturated heterocycles. The normalized spacial score (nSPS) is 13.0. The molecule has 0 heterocycles. The molecule has 0 fully saturated rings. The Morgan fingerprint density at radius 2 is 0.850 bits per heavy atom. The second-order valence-corrected chi connectivity index (χ2v) is 5.80. The van der Waals surface area contributed by atoms with Gasteiger partial charge in [-0.3, -0.25) is 9.98 Å². The molecule has 0 bridgehead atoms. The van der Waals surface area contributed by atoms with Crippen LogP contribution in [0, 0.1) is 11.8 Å². The molecule has 0 aromatic carbocycles. The highest BCUT2D eigenvalue weighted by Gasteiger charge is 1.83. The number of hydrogen-bond acceptors (Lipinski definition) is 2. The van der Waals surface area contributed by atoms with E-state index in [0.29, 0.717) is 23.9 Å². The Balaban J connectivity index is 0. The molecule has 0 aromatic rings. The first-order chi connectivity index (χ1) is 9.25. The van der Waals surface area contributed by atoms with Crippen molar-refractivity contribution in [3.63, 3.8) is 0 Å². The van der Waals surface area contributed by atoms with E-state index in [1.165, 1.54) is 0 Å². The third-order valence-electron chi connectivity index (χ3n) is 1.63. The van der Waals surface area contributed by atoms with Crippen LogP contribution in [-0.2, 0) is 0 Å². The summed E-state index contributed by atoms with van der Waals surface area (Å²) in [6, 6.07) is 0.702. The van der Waals surface area contributed by atoms with Crippen LogP contribution in [0.2, 0.25) is 0 Å². The topological polar surface area (TPSA) is 49.4 Å². The van der Waals surface area contributed by atoms with Crippen LogP contribution in [-0.4, -0.2) is 37.2 Å². The van der Waals surface area contributed by atoms with Gasteiger partial charge < -0.3 is 0 Å². The average Bonchev–Trinajstić information content (AvgIpc) is 2.30. The van der Waals surface area contributed by atoms with Crippen LogP contribution in [0.4, 0.5) is 0 Å². The third kappa shape index (κ3) is 25.5. The fourth-order valence-electron chi connectivity index (χ4n) is 0.765. The van der Waals surface area contributed by atoms with Crippen molar-refractivity contribution in [3.8, 4) is 0 Å². The Kier molecular flexibility index (Phi) is 14.8. The lowest BCUT2D eigenvalue weighted by molar-refractivity contribution is 0.838. The van der Waals surface area contributed by atoms with Gasteiger partial charge in [0.25, 0.3) is 0 Å². The molecule has 0 N–H and O–H groups in total. The van der Waals surface area contributed by atoms with Crippen LogP contribution in [0.3, 0.4) is 0 Å². The smallest absolute Gasteiger partial charge is 0.109 e. The summed E-state index contributed by atoms with van der Waals surface area (Å²) >= 11 is 0. The predicted octanol–water partition coefficient (Wildman–Crippen LogP) is 4.30. The van der Waals surface area contributed by atoms with Crippen molar-refractivity contribution in [1.29, 1.82) is 0 Å². The molecule has 0 unspecified atom stereocenters. The van der Waals surface area contributed by atoms with Gasteiger partial charge in [-0.05, 0) is 39.5 Å². The van der Waals surface area contributed by atoms with Crippen molar-refractivity contribution in [1.82, 2.24) is 0 Å². The van der Waals surface area contributed by atoms with E-state index in [4.69, 9.17) is 0 Å². The molecule has 116 valence electrons. The lowest BCUT2D eigenvalue weighted by Gasteiger charge is -1.91. The first-order valence-corrected chi connectivity index (χ1v) is 7.35. The molecule has 0 amide bonds. The van der Waals surface area contributed by atoms with E-state index in [2.05, 4.69) is 47.7 Å². The molecule has 4 nitrogen and oxygen atoms in total. The lowest BCUT2D eigenvalue weighted by atomic mass is 10.3. The second kappa shape index (κ2) is 14.1. The number of nitrogens with zero attached hydrogens (tertiary/aromatic N) is 4. The number of aliphatic imine (C=N–C) groups is 4. The van der Waals surface area contributed by atoms with Crippen LogP contribution in [0.15, 0.2) is 20.0 Å². The van der Waals surface area contributed by atoms with Gasteiger partial charge in [0.05, 0.1) is 0 Å². The minimum absolute atomic E-state index is 0.351. The molecule has 20 heavy (non-hydrogen) atoms. The Bertz CT molecular complexity index is 246. The van der Waals surface area contributed by atoms with Gasteiger partial charge in [-0.15, -0.1) is 0 Å². The molecule has 0 aliphatic rings. The van der Waals surface area contributed by atoms with Crippen molar-refractivity contribution in [2.75, 3.05) is 0 Å². The van der Waals surface area contributed by atoms with Crippen LogP contribution in [0.5, 0.6) is 0 Å². The molecule has 0 rings (SSSR count). The summed E-state index contributed by atoms with van der Waals surface area (Å²) in [4.78, 5) is 16.1. The zero-order chi connectivity index (χ0) is 16.0. The summed E-state index contributed by atoms with van der Waals surface area (Å²) in [6.45, 7) is 16.5. The Labute approximate surface area is 125 Å². The van der Waals surface area contributed by atoms with Gasteiger partial charge in [0.15, 0.2) is 0 Å². The van der Waals surface area contributed by atoms with Gasteiger partial charge >= 0.3 is 0 Å². The van der Waals surface area contributed by atoms with Crippen LogP contribution in [0.25, 0.3) is 0 Å². The highest BCUT2D eigenvalue weighted by Crippen LogP contribution is 1.86. The zero-order valence-corrected chi connectivity index (χ0v) is 14.4. The SMILES string of the molecule is CC(C)C=NC=NC(C)C.CC(C)C=NC=NC(C)C. The molecule has 0 aliphatic carbocycles. The summed E-state index contributed by atoms with van der Waals surface area (Å²) in [6.07, 6.45) is 6.99. The van der Waals surface area contributed by atoms with E-state index in [9.17, 15) is 0 Å². The highest BCUT2D eigenvalue weighted by atomic mass is 14.9. The Morgan fingerprint density at radius 1 is 0.550 bits per heavy atom. The second-order valence-electron chi connectivity index (χ2n) is 5.80. The fourth-order valence-corrected chi connectivity index (χ4v) is 0.765.